The van der Waals surface area contributed by atoms with Gasteiger partial charge in [-0.3, -0.25) is 0 Å². The molecule has 0 aliphatic carbocycles. The van der Waals surface area contributed by atoms with E-state index in [2.05, 4.69) is 40.3 Å². The van der Waals surface area contributed by atoms with Crippen molar-refractivity contribution in [1.82, 2.24) is 0 Å². The van der Waals surface area contributed by atoms with Crippen LogP contribution in [0, 0.1) is 18.7 Å². The minimum absolute atomic E-state index is 0.0644. The van der Waals surface area contributed by atoms with E-state index in [-0.39, 0.29) is 11.2 Å². The Balaban J connectivity index is 3.49. The molecule has 0 unspecified atom stereocenters. The van der Waals surface area contributed by atoms with E-state index >= 15 is 0 Å². The summed E-state index contributed by atoms with van der Waals surface area (Å²) < 4.78 is 14.3. The molecule has 0 nitrogen and oxygen atoms in total. The molecule has 0 N–H and O–H groups in total. The number of benzene rings is 1. The van der Waals surface area contributed by atoms with Crippen molar-refractivity contribution in [2.45, 2.75) is 53.9 Å². The second kappa shape index (κ2) is 5.95. The highest BCUT2D eigenvalue weighted by Gasteiger charge is 2.28. The summed E-state index contributed by atoms with van der Waals surface area (Å²) in [4.78, 5) is 0. The maximum Gasteiger partial charge on any atom is 0.127 e. The largest absolute Gasteiger partial charge is 0.207 e. The fraction of sp³-hybridized carbons (Fsp3) is 0.474. The van der Waals surface area contributed by atoms with Crippen molar-refractivity contribution in [2.24, 2.45) is 5.92 Å². The van der Waals surface area contributed by atoms with E-state index < -0.39 is 0 Å². The molecule has 1 aromatic carbocycles. The molecule has 0 radical (unpaired) electrons. The molecule has 0 saturated carbocycles. The fourth-order valence-electron chi connectivity index (χ4n) is 2.24. The lowest BCUT2D eigenvalue weighted by Gasteiger charge is -2.32. The first kappa shape index (κ1) is 16.7. The van der Waals surface area contributed by atoms with Crippen LogP contribution in [0.15, 0.2) is 30.4 Å². The molecule has 0 amide bonds. The van der Waals surface area contributed by atoms with Crippen LogP contribution < -0.4 is 0 Å². The van der Waals surface area contributed by atoms with E-state index in [0.29, 0.717) is 5.92 Å². The Labute approximate surface area is 123 Å². The van der Waals surface area contributed by atoms with Crippen molar-refractivity contribution >= 4 is 5.57 Å². The van der Waals surface area contributed by atoms with Crippen LogP contribution in [0.3, 0.4) is 0 Å². The molecule has 1 heteroatoms. The van der Waals surface area contributed by atoms with Gasteiger partial charge >= 0.3 is 0 Å². The summed E-state index contributed by atoms with van der Waals surface area (Å²) in [6.45, 7) is 18.7. The van der Waals surface area contributed by atoms with Gasteiger partial charge < -0.3 is 0 Å². The average molecular weight is 274 g/mol. The van der Waals surface area contributed by atoms with Gasteiger partial charge in [-0.15, -0.1) is 0 Å². The fourth-order valence-corrected chi connectivity index (χ4v) is 2.24. The van der Waals surface area contributed by atoms with E-state index in [1.807, 2.05) is 26.8 Å². The molecule has 1 aromatic rings. The van der Waals surface area contributed by atoms with E-state index in [1.165, 1.54) is 0 Å². The lowest BCUT2D eigenvalue weighted by atomic mass is 9.72. The van der Waals surface area contributed by atoms with Gasteiger partial charge in [0.15, 0.2) is 0 Å². The van der Waals surface area contributed by atoms with Crippen LogP contribution in [0.2, 0.25) is 0 Å². The average Bonchev–Trinajstić information content (AvgIpc) is 2.39. The maximum absolute atomic E-state index is 14.3. The summed E-state index contributed by atoms with van der Waals surface area (Å²) >= 11 is 0. The Kier molecular flexibility index (Phi) is 4.96. The Morgan fingerprint density at radius 1 is 1.30 bits per heavy atom. The van der Waals surface area contributed by atoms with E-state index in [9.17, 15) is 4.39 Å². The molecule has 0 aromatic heterocycles. The van der Waals surface area contributed by atoms with Crippen molar-refractivity contribution < 1.29 is 4.39 Å². The number of hydrogen-bond donors (Lipinski definition) is 0. The van der Waals surface area contributed by atoms with Gasteiger partial charge in [-0.2, -0.15) is 0 Å². The minimum Gasteiger partial charge on any atom is -0.207 e. The zero-order valence-electron chi connectivity index (χ0n) is 13.9. The van der Waals surface area contributed by atoms with E-state index in [1.54, 1.807) is 6.07 Å². The molecule has 0 spiro atoms. The number of allylic oxidation sites excluding steroid dienone is 3. The summed E-state index contributed by atoms with van der Waals surface area (Å²) in [7, 11) is 0. The van der Waals surface area contributed by atoms with Gasteiger partial charge in [0, 0.05) is 0 Å². The zero-order chi connectivity index (χ0) is 15.7. The third-order valence-electron chi connectivity index (χ3n) is 4.74. The highest BCUT2D eigenvalue weighted by atomic mass is 19.1. The Hall–Kier alpha value is -1.37. The van der Waals surface area contributed by atoms with Crippen molar-refractivity contribution in [1.29, 1.82) is 0 Å². The van der Waals surface area contributed by atoms with Gasteiger partial charge in [0.1, 0.15) is 5.82 Å². The standard InChI is InChI=1S/C19H27F/c1-9-13(4)14(5)16-10-17(15(6)18(20)11-16)19(7,8)12(2)3/h9-12H,5H2,1-4,6-8H3/b13-9-. The van der Waals surface area contributed by atoms with Gasteiger partial charge in [-0.05, 0) is 66.0 Å². The van der Waals surface area contributed by atoms with Crippen LogP contribution >= 0.6 is 0 Å². The van der Waals surface area contributed by atoms with Gasteiger partial charge in [-0.1, -0.05) is 46.4 Å². The number of rotatable bonds is 4. The smallest absolute Gasteiger partial charge is 0.127 e. The normalized spacial score (nSPS) is 12.9. The van der Waals surface area contributed by atoms with Crippen LogP contribution in [-0.2, 0) is 5.41 Å². The Bertz CT molecular complexity index is 545. The topological polar surface area (TPSA) is 0 Å². The van der Waals surface area contributed by atoms with Crippen LogP contribution in [-0.4, -0.2) is 0 Å². The second-order valence-corrected chi connectivity index (χ2v) is 6.46. The molecule has 0 aliphatic heterocycles. The molecule has 0 aliphatic rings. The molecule has 0 heterocycles. The predicted molar refractivity (Wildman–Crippen MR) is 87.5 cm³/mol. The molecule has 0 atom stereocenters. The van der Waals surface area contributed by atoms with Crippen molar-refractivity contribution in [3.8, 4) is 0 Å². The molecular formula is C19H27F. The third kappa shape index (κ3) is 3.03. The van der Waals surface area contributed by atoms with Crippen molar-refractivity contribution in [3.63, 3.8) is 0 Å². The predicted octanol–water partition coefficient (Wildman–Crippen LogP) is 6.05. The Morgan fingerprint density at radius 3 is 2.30 bits per heavy atom. The van der Waals surface area contributed by atoms with E-state index in [0.717, 1.165) is 27.8 Å². The number of hydrogen-bond acceptors (Lipinski definition) is 0. The summed E-state index contributed by atoms with van der Waals surface area (Å²) in [5.41, 5.74) is 4.62. The van der Waals surface area contributed by atoms with Crippen LogP contribution in [0.25, 0.3) is 5.57 Å². The summed E-state index contributed by atoms with van der Waals surface area (Å²) in [6.07, 6.45) is 2.01. The summed E-state index contributed by atoms with van der Waals surface area (Å²) in [5.74, 6) is 0.295. The van der Waals surface area contributed by atoms with Gasteiger partial charge in [0.05, 0.1) is 0 Å². The van der Waals surface area contributed by atoms with Gasteiger partial charge in [0.25, 0.3) is 0 Å². The van der Waals surface area contributed by atoms with E-state index in [4.69, 9.17) is 0 Å². The van der Waals surface area contributed by atoms with Gasteiger partial charge in [-0.25, -0.2) is 4.39 Å². The quantitative estimate of drug-likeness (QED) is 0.586. The molecule has 110 valence electrons. The monoisotopic (exact) mass is 274 g/mol. The summed E-state index contributed by atoms with van der Waals surface area (Å²) in [5, 5.41) is 0. The molecule has 20 heavy (non-hydrogen) atoms. The molecule has 0 fully saturated rings. The molecule has 1 rings (SSSR count). The maximum atomic E-state index is 14.3. The van der Waals surface area contributed by atoms with Gasteiger partial charge in [0.2, 0.25) is 0 Å². The minimum atomic E-state index is -0.142. The van der Waals surface area contributed by atoms with Crippen LogP contribution in [0.1, 0.15) is 58.2 Å². The van der Waals surface area contributed by atoms with Crippen LogP contribution in [0.4, 0.5) is 4.39 Å². The first-order chi connectivity index (χ1) is 9.12. The molecule has 0 saturated heterocycles. The SMILES string of the molecule is C=C(/C(C)=C\C)c1cc(F)c(C)c(C(C)(C)C(C)C)c1. The third-order valence-corrected chi connectivity index (χ3v) is 4.74. The highest BCUT2D eigenvalue weighted by molar-refractivity contribution is 5.77. The lowest BCUT2D eigenvalue weighted by Crippen LogP contribution is -2.26. The first-order valence-electron chi connectivity index (χ1n) is 7.26. The molecule has 0 bridgehead atoms. The Morgan fingerprint density at radius 2 is 1.85 bits per heavy atom. The first-order valence-corrected chi connectivity index (χ1v) is 7.26. The van der Waals surface area contributed by atoms with Crippen molar-refractivity contribution in [2.75, 3.05) is 0 Å². The zero-order valence-corrected chi connectivity index (χ0v) is 13.9. The highest BCUT2D eigenvalue weighted by Crippen LogP contribution is 2.36. The summed E-state index contributed by atoms with van der Waals surface area (Å²) in [6, 6.07) is 3.71. The second-order valence-electron chi connectivity index (χ2n) is 6.46. The van der Waals surface area contributed by atoms with Crippen molar-refractivity contribution in [3.05, 3.63) is 52.9 Å². The number of halogens is 1. The molecular weight excluding hydrogens is 247 g/mol. The lowest BCUT2D eigenvalue weighted by molar-refractivity contribution is 0.368. The van der Waals surface area contributed by atoms with Crippen LogP contribution in [0.5, 0.6) is 0 Å².